The Balaban J connectivity index is 1.79. The maximum atomic E-state index is 3.61. The second-order valence-electron chi connectivity index (χ2n) is 6.32. The number of benzene rings is 4. The van der Waals surface area contributed by atoms with E-state index in [2.05, 4.69) is 96.3 Å². The summed E-state index contributed by atoms with van der Waals surface area (Å²) in [5.74, 6) is 0. The first-order valence-corrected chi connectivity index (χ1v) is 9.53. The molecule has 5 aromatic rings. The van der Waals surface area contributed by atoms with E-state index in [1.165, 1.54) is 31.3 Å². The van der Waals surface area contributed by atoms with Crippen LogP contribution in [0.4, 0.5) is 11.4 Å². The van der Waals surface area contributed by atoms with Gasteiger partial charge >= 0.3 is 0 Å². The molecule has 5 rings (SSSR count). The van der Waals surface area contributed by atoms with Crippen molar-refractivity contribution in [2.45, 2.75) is 0 Å². The fraction of sp³-hybridized carbons (Fsp3) is 0. The third-order valence-electron chi connectivity index (χ3n) is 4.66. The number of para-hydroxylation sites is 1. The van der Waals surface area contributed by atoms with Crippen molar-refractivity contribution in [2.75, 3.05) is 5.32 Å². The van der Waals surface area contributed by atoms with Gasteiger partial charge in [-0.25, -0.2) is 0 Å². The molecule has 1 nitrogen and oxygen atoms in total. The second kappa shape index (κ2) is 6.32. The van der Waals surface area contributed by atoms with E-state index in [-0.39, 0.29) is 0 Å². The minimum atomic E-state index is 1.11. The number of rotatable bonds is 3. The molecule has 26 heavy (non-hydrogen) atoms. The van der Waals surface area contributed by atoms with Crippen LogP contribution in [0.15, 0.2) is 97.1 Å². The molecule has 4 aromatic carbocycles. The quantitative estimate of drug-likeness (QED) is 0.355. The predicted octanol–water partition coefficient (Wildman–Crippen LogP) is 7.47. The zero-order valence-electron chi connectivity index (χ0n) is 14.1. The van der Waals surface area contributed by atoms with Gasteiger partial charge in [-0.3, -0.25) is 0 Å². The summed E-state index contributed by atoms with van der Waals surface area (Å²) in [5.41, 5.74) is 4.82. The normalized spacial score (nSPS) is 11.1. The molecule has 2 heteroatoms. The lowest BCUT2D eigenvalue weighted by atomic mass is 10.0. The van der Waals surface area contributed by atoms with Gasteiger partial charge in [-0.05, 0) is 35.4 Å². The fourth-order valence-corrected chi connectivity index (χ4v) is 4.72. The van der Waals surface area contributed by atoms with Gasteiger partial charge in [-0.15, -0.1) is 11.3 Å². The second-order valence-corrected chi connectivity index (χ2v) is 7.37. The third-order valence-corrected chi connectivity index (χ3v) is 5.87. The van der Waals surface area contributed by atoms with E-state index < -0.39 is 0 Å². The summed E-state index contributed by atoms with van der Waals surface area (Å²) in [6, 6.07) is 34.1. The lowest BCUT2D eigenvalue weighted by Crippen LogP contribution is -1.91. The summed E-state index contributed by atoms with van der Waals surface area (Å²) in [6.45, 7) is 0. The molecule has 1 heterocycles. The van der Waals surface area contributed by atoms with Gasteiger partial charge in [0, 0.05) is 31.5 Å². The van der Waals surface area contributed by atoms with E-state index in [0.29, 0.717) is 0 Å². The first-order chi connectivity index (χ1) is 12.9. The van der Waals surface area contributed by atoms with Crippen molar-refractivity contribution in [3.63, 3.8) is 0 Å². The minimum absolute atomic E-state index is 1.11. The Morgan fingerprint density at radius 2 is 1.31 bits per heavy atom. The monoisotopic (exact) mass is 351 g/mol. The molecule has 0 aliphatic heterocycles. The zero-order valence-corrected chi connectivity index (χ0v) is 15.0. The predicted molar refractivity (Wildman–Crippen MR) is 114 cm³/mol. The topological polar surface area (TPSA) is 12.0 Å². The number of thiophene rings is 1. The van der Waals surface area contributed by atoms with Gasteiger partial charge in [0.1, 0.15) is 0 Å². The van der Waals surface area contributed by atoms with Crippen LogP contribution in [-0.2, 0) is 0 Å². The average Bonchev–Trinajstić information content (AvgIpc) is 3.10. The van der Waals surface area contributed by atoms with E-state index in [1.54, 1.807) is 0 Å². The van der Waals surface area contributed by atoms with Crippen LogP contribution >= 0.6 is 11.3 Å². The number of anilines is 2. The molecule has 0 aliphatic rings. The Labute approximate surface area is 156 Å². The molecule has 0 spiro atoms. The van der Waals surface area contributed by atoms with Crippen molar-refractivity contribution in [3.05, 3.63) is 97.1 Å². The maximum Gasteiger partial charge on any atom is 0.0479 e. The highest BCUT2D eigenvalue weighted by atomic mass is 32.1. The Bertz CT molecular complexity index is 1190. The number of fused-ring (bicyclic) bond motifs is 3. The van der Waals surface area contributed by atoms with Crippen LogP contribution in [0.5, 0.6) is 0 Å². The molecular formula is C24H17NS. The summed E-state index contributed by atoms with van der Waals surface area (Å²) in [5, 5.41) is 6.22. The fourth-order valence-electron chi connectivity index (χ4n) is 3.45. The standard InChI is InChI=1S/C24H17NS/c1-3-9-17(10-4-1)19-15-16-21(25-18-11-5-2-6-12-18)23-20-13-7-8-14-22(20)26-24(19)23/h1-16,25H. The number of hydrogen-bond acceptors (Lipinski definition) is 2. The van der Waals surface area contributed by atoms with Crippen LogP contribution in [0.3, 0.4) is 0 Å². The Kier molecular flexibility index (Phi) is 3.69. The lowest BCUT2D eigenvalue weighted by molar-refractivity contribution is 1.58. The Morgan fingerprint density at radius 1 is 0.615 bits per heavy atom. The van der Waals surface area contributed by atoms with Crippen molar-refractivity contribution < 1.29 is 0 Å². The SMILES string of the molecule is c1ccc(Nc2ccc(-c3ccccc3)c3sc4ccccc4c23)cc1. The highest BCUT2D eigenvalue weighted by molar-refractivity contribution is 7.26. The van der Waals surface area contributed by atoms with Crippen LogP contribution in [0.1, 0.15) is 0 Å². The molecule has 0 radical (unpaired) electrons. The van der Waals surface area contributed by atoms with Gasteiger partial charge in [-0.2, -0.15) is 0 Å². The van der Waals surface area contributed by atoms with Crippen LogP contribution in [0, 0.1) is 0 Å². The van der Waals surface area contributed by atoms with Crippen LogP contribution in [-0.4, -0.2) is 0 Å². The molecule has 0 saturated carbocycles. The highest BCUT2D eigenvalue weighted by Crippen LogP contribution is 2.44. The maximum absolute atomic E-state index is 3.61. The third kappa shape index (κ3) is 2.56. The lowest BCUT2D eigenvalue weighted by Gasteiger charge is -2.11. The number of nitrogens with one attached hydrogen (secondary N) is 1. The smallest absolute Gasteiger partial charge is 0.0479 e. The molecule has 1 N–H and O–H groups in total. The van der Waals surface area contributed by atoms with Crippen molar-refractivity contribution in [2.24, 2.45) is 0 Å². The van der Waals surface area contributed by atoms with Crippen molar-refractivity contribution >= 4 is 42.9 Å². The largest absolute Gasteiger partial charge is 0.355 e. The van der Waals surface area contributed by atoms with Gasteiger partial charge in [0.2, 0.25) is 0 Å². The molecule has 1 aromatic heterocycles. The van der Waals surface area contributed by atoms with Gasteiger partial charge in [-0.1, -0.05) is 72.8 Å². The molecule has 0 atom stereocenters. The summed E-state index contributed by atoms with van der Waals surface area (Å²) in [7, 11) is 0. The summed E-state index contributed by atoms with van der Waals surface area (Å²) >= 11 is 1.87. The van der Waals surface area contributed by atoms with E-state index in [9.17, 15) is 0 Å². The van der Waals surface area contributed by atoms with E-state index in [4.69, 9.17) is 0 Å². The zero-order chi connectivity index (χ0) is 17.3. The van der Waals surface area contributed by atoms with Gasteiger partial charge in [0.25, 0.3) is 0 Å². The first-order valence-electron chi connectivity index (χ1n) is 8.72. The van der Waals surface area contributed by atoms with Crippen molar-refractivity contribution in [1.29, 1.82) is 0 Å². The van der Waals surface area contributed by atoms with Crippen molar-refractivity contribution in [3.8, 4) is 11.1 Å². The molecule has 0 fully saturated rings. The molecule has 0 aliphatic carbocycles. The van der Waals surface area contributed by atoms with Crippen LogP contribution < -0.4 is 5.32 Å². The number of hydrogen-bond donors (Lipinski definition) is 1. The highest BCUT2D eigenvalue weighted by Gasteiger charge is 2.14. The van der Waals surface area contributed by atoms with Gasteiger partial charge < -0.3 is 5.32 Å². The first kappa shape index (κ1) is 15.2. The van der Waals surface area contributed by atoms with E-state index >= 15 is 0 Å². The summed E-state index contributed by atoms with van der Waals surface area (Å²) in [6.07, 6.45) is 0. The van der Waals surface area contributed by atoms with Gasteiger partial charge in [0.15, 0.2) is 0 Å². The summed E-state index contributed by atoms with van der Waals surface area (Å²) in [4.78, 5) is 0. The van der Waals surface area contributed by atoms with E-state index in [1.807, 2.05) is 17.4 Å². The molecule has 0 saturated heterocycles. The molecule has 0 unspecified atom stereocenters. The molecule has 124 valence electrons. The van der Waals surface area contributed by atoms with Gasteiger partial charge in [0.05, 0.1) is 0 Å². The Morgan fingerprint density at radius 3 is 2.12 bits per heavy atom. The van der Waals surface area contributed by atoms with E-state index in [0.717, 1.165) is 11.4 Å². The minimum Gasteiger partial charge on any atom is -0.355 e. The summed E-state index contributed by atoms with van der Waals surface area (Å²) < 4.78 is 2.65. The average molecular weight is 351 g/mol. The Hall–Kier alpha value is -3.10. The molecule has 0 amide bonds. The van der Waals surface area contributed by atoms with Crippen LogP contribution in [0.2, 0.25) is 0 Å². The van der Waals surface area contributed by atoms with Crippen molar-refractivity contribution in [1.82, 2.24) is 0 Å². The molecule has 0 bridgehead atoms. The molecular weight excluding hydrogens is 334 g/mol. The van der Waals surface area contributed by atoms with Crippen LogP contribution in [0.25, 0.3) is 31.3 Å².